The summed E-state index contributed by atoms with van der Waals surface area (Å²) >= 11 is 12.0. The molecule has 3 rings (SSSR count). The third-order valence-corrected chi connectivity index (χ3v) is 3.42. The highest BCUT2D eigenvalue weighted by atomic mass is 35.5. The molecule has 0 unspecified atom stereocenters. The second kappa shape index (κ2) is 5.78. The van der Waals surface area contributed by atoms with Crippen molar-refractivity contribution >= 4 is 35.1 Å². The van der Waals surface area contributed by atoms with Crippen LogP contribution in [0.4, 0.5) is 6.01 Å². The van der Waals surface area contributed by atoms with Crippen LogP contribution in [0.25, 0.3) is 11.5 Å². The second-order valence-corrected chi connectivity index (χ2v) is 5.17. The van der Waals surface area contributed by atoms with E-state index in [2.05, 4.69) is 20.6 Å². The highest BCUT2D eigenvalue weighted by Crippen LogP contribution is 2.30. The van der Waals surface area contributed by atoms with Gasteiger partial charge in [-0.05, 0) is 24.3 Å². The van der Waals surface area contributed by atoms with Gasteiger partial charge >= 0.3 is 6.01 Å². The van der Waals surface area contributed by atoms with E-state index >= 15 is 0 Å². The lowest BCUT2D eigenvalue weighted by molar-refractivity contribution is 0.101. The van der Waals surface area contributed by atoms with Crippen molar-refractivity contribution in [2.75, 3.05) is 5.32 Å². The predicted octanol–water partition coefficient (Wildman–Crippen LogP) is 3.03. The number of anilines is 1. The van der Waals surface area contributed by atoms with Gasteiger partial charge in [0.15, 0.2) is 0 Å². The summed E-state index contributed by atoms with van der Waals surface area (Å²) < 4.78 is 6.82. The van der Waals surface area contributed by atoms with Crippen LogP contribution in [-0.4, -0.2) is 25.9 Å². The van der Waals surface area contributed by atoms with Gasteiger partial charge in [0.25, 0.3) is 11.8 Å². The van der Waals surface area contributed by atoms with Gasteiger partial charge in [0.05, 0.1) is 10.6 Å². The van der Waals surface area contributed by atoms with E-state index in [1.165, 1.54) is 10.9 Å². The quantitative estimate of drug-likeness (QED) is 0.793. The minimum atomic E-state index is -0.410. The molecule has 0 fully saturated rings. The molecule has 2 aromatic heterocycles. The minimum absolute atomic E-state index is 0.0442. The predicted molar refractivity (Wildman–Crippen MR) is 80.9 cm³/mol. The van der Waals surface area contributed by atoms with Crippen LogP contribution in [0.5, 0.6) is 0 Å². The first-order valence-corrected chi connectivity index (χ1v) is 6.88. The fraction of sp³-hybridized carbons (Fsp3) is 0.0769. The third-order valence-electron chi connectivity index (χ3n) is 2.86. The van der Waals surface area contributed by atoms with E-state index in [1.54, 1.807) is 31.3 Å². The number of carbonyl (C=O) groups is 1. The summed E-state index contributed by atoms with van der Waals surface area (Å²) in [5.74, 6) is -0.250. The van der Waals surface area contributed by atoms with Crippen molar-refractivity contribution in [3.05, 3.63) is 46.2 Å². The number of nitrogens with one attached hydrogen (secondary N) is 1. The van der Waals surface area contributed by atoms with Crippen molar-refractivity contribution in [1.82, 2.24) is 20.0 Å². The summed E-state index contributed by atoms with van der Waals surface area (Å²) in [5.41, 5.74) is 0.850. The molecule has 0 aliphatic carbocycles. The zero-order chi connectivity index (χ0) is 15.7. The molecule has 0 spiro atoms. The highest BCUT2D eigenvalue weighted by molar-refractivity contribution is 6.35. The van der Waals surface area contributed by atoms with Crippen molar-refractivity contribution in [3.8, 4) is 11.5 Å². The maximum atomic E-state index is 12.0. The fourth-order valence-corrected chi connectivity index (χ4v) is 2.17. The summed E-state index contributed by atoms with van der Waals surface area (Å²) in [5, 5.41) is 14.9. The molecule has 0 atom stereocenters. The fourth-order valence-electron chi connectivity index (χ4n) is 1.80. The summed E-state index contributed by atoms with van der Waals surface area (Å²) in [7, 11) is 1.65. The Morgan fingerprint density at radius 3 is 2.82 bits per heavy atom. The van der Waals surface area contributed by atoms with E-state index in [9.17, 15) is 4.79 Å². The van der Waals surface area contributed by atoms with Crippen LogP contribution < -0.4 is 5.32 Å². The molecule has 22 heavy (non-hydrogen) atoms. The first-order chi connectivity index (χ1) is 10.5. The van der Waals surface area contributed by atoms with Crippen molar-refractivity contribution in [2.45, 2.75) is 0 Å². The molecule has 0 bridgehead atoms. The van der Waals surface area contributed by atoms with Crippen LogP contribution in [0.1, 0.15) is 10.5 Å². The van der Waals surface area contributed by atoms with E-state index in [1.807, 2.05) is 0 Å². The van der Waals surface area contributed by atoms with Crippen LogP contribution >= 0.6 is 23.2 Å². The normalized spacial score (nSPS) is 10.7. The number of aryl methyl sites for hydroxylation is 1. The monoisotopic (exact) mass is 337 g/mol. The van der Waals surface area contributed by atoms with Crippen LogP contribution in [0.3, 0.4) is 0 Å². The van der Waals surface area contributed by atoms with Crippen molar-refractivity contribution in [3.63, 3.8) is 0 Å². The molecule has 0 saturated heterocycles. The van der Waals surface area contributed by atoms with E-state index in [-0.39, 0.29) is 11.9 Å². The van der Waals surface area contributed by atoms with Gasteiger partial charge < -0.3 is 4.42 Å². The van der Waals surface area contributed by atoms with Gasteiger partial charge in [-0.3, -0.25) is 14.8 Å². The largest absolute Gasteiger partial charge is 0.403 e. The van der Waals surface area contributed by atoms with Crippen molar-refractivity contribution < 1.29 is 9.21 Å². The molecule has 7 nitrogen and oxygen atoms in total. The van der Waals surface area contributed by atoms with E-state index in [0.717, 1.165) is 0 Å². The van der Waals surface area contributed by atoms with Gasteiger partial charge in [-0.2, -0.15) is 5.10 Å². The Hall–Kier alpha value is -2.38. The van der Waals surface area contributed by atoms with Gasteiger partial charge in [-0.25, -0.2) is 0 Å². The lowest BCUT2D eigenvalue weighted by atomic mass is 10.2. The second-order valence-electron chi connectivity index (χ2n) is 4.33. The van der Waals surface area contributed by atoms with Crippen molar-refractivity contribution in [2.24, 2.45) is 7.05 Å². The molecule has 0 radical (unpaired) electrons. The minimum Gasteiger partial charge on any atom is -0.403 e. The van der Waals surface area contributed by atoms with Gasteiger partial charge in [0, 0.05) is 18.3 Å². The maximum Gasteiger partial charge on any atom is 0.322 e. The molecule has 0 aliphatic rings. The zero-order valence-corrected chi connectivity index (χ0v) is 12.8. The standard InChI is InChI=1S/C13H9Cl2N5O2/c1-20-10(4-5-16-20)11(21)17-13-19-18-12(22-13)8-6-7(14)2-3-9(8)15/h2-6H,1H3,(H,17,19,21). The highest BCUT2D eigenvalue weighted by Gasteiger charge is 2.16. The van der Waals surface area contributed by atoms with Crippen LogP contribution in [0.2, 0.25) is 10.0 Å². The lowest BCUT2D eigenvalue weighted by Gasteiger charge is -2.01. The number of rotatable bonds is 3. The third kappa shape index (κ3) is 2.81. The number of hydrogen-bond acceptors (Lipinski definition) is 5. The van der Waals surface area contributed by atoms with Gasteiger partial charge in [-0.1, -0.05) is 28.3 Å². The number of benzene rings is 1. The summed E-state index contributed by atoms with van der Waals surface area (Å²) in [6, 6.07) is 6.40. The molecule has 0 aliphatic heterocycles. The van der Waals surface area contributed by atoms with Crippen LogP contribution in [0, 0.1) is 0 Å². The number of hydrogen-bond donors (Lipinski definition) is 1. The van der Waals surface area contributed by atoms with E-state index in [4.69, 9.17) is 27.6 Å². The molecule has 3 aromatic rings. The van der Waals surface area contributed by atoms with Gasteiger partial charge in [-0.15, -0.1) is 5.10 Å². The number of amides is 1. The van der Waals surface area contributed by atoms with Crippen LogP contribution in [-0.2, 0) is 7.05 Å². The summed E-state index contributed by atoms with van der Waals surface area (Å²) in [6.45, 7) is 0. The van der Waals surface area contributed by atoms with Crippen LogP contribution in [0.15, 0.2) is 34.9 Å². The molecular weight excluding hydrogens is 329 g/mol. The van der Waals surface area contributed by atoms with Gasteiger partial charge in [0.2, 0.25) is 0 Å². The molecule has 1 amide bonds. The first kappa shape index (κ1) is 14.6. The molecular formula is C13H9Cl2N5O2. The molecule has 2 heterocycles. The Morgan fingerprint density at radius 1 is 1.27 bits per heavy atom. The summed E-state index contributed by atoms with van der Waals surface area (Å²) in [4.78, 5) is 12.0. The SMILES string of the molecule is Cn1nccc1C(=O)Nc1nnc(-c2cc(Cl)ccc2Cl)o1. The molecule has 0 saturated carbocycles. The van der Waals surface area contributed by atoms with E-state index < -0.39 is 5.91 Å². The van der Waals surface area contributed by atoms with Gasteiger partial charge in [0.1, 0.15) is 5.69 Å². The number of carbonyl (C=O) groups excluding carboxylic acids is 1. The Labute approximate surface area is 134 Å². The Morgan fingerprint density at radius 2 is 2.09 bits per heavy atom. The Balaban J connectivity index is 1.84. The Kier molecular flexibility index (Phi) is 3.82. The van der Waals surface area contributed by atoms with E-state index in [0.29, 0.717) is 21.3 Å². The average Bonchev–Trinajstić information content (AvgIpc) is 3.10. The molecule has 9 heteroatoms. The molecule has 1 N–H and O–H groups in total. The molecule has 1 aromatic carbocycles. The molecule has 112 valence electrons. The maximum absolute atomic E-state index is 12.0. The smallest absolute Gasteiger partial charge is 0.322 e. The first-order valence-electron chi connectivity index (χ1n) is 6.13. The zero-order valence-electron chi connectivity index (χ0n) is 11.2. The average molecular weight is 338 g/mol. The lowest BCUT2D eigenvalue weighted by Crippen LogP contribution is -2.16. The Bertz CT molecular complexity index is 843. The number of aromatic nitrogens is 4. The summed E-state index contributed by atoms with van der Waals surface area (Å²) in [6.07, 6.45) is 1.51. The number of halogens is 2. The number of nitrogens with zero attached hydrogens (tertiary/aromatic N) is 4. The topological polar surface area (TPSA) is 85.8 Å². The van der Waals surface area contributed by atoms with Crippen molar-refractivity contribution in [1.29, 1.82) is 0 Å².